The zero-order valence-corrected chi connectivity index (χ0v) is 23.8. The van der Waals surface area contributed by atoms with Crippen LogP contribution in [0.4, 0.5) is 0 Å². The number of aryl methyl sites for hydroxylation is 1. The lowest BCUT2D eigenvalue weighted by Gasteiger charge is -2.11. The fourth-order valence-corrected chi connectivity index (χ4v) is 4.60. The summed E-state index contributed by atoms with van der Waals surface area (Å²) in [6.45, 7) is 4.69. The maximum atomic E-state index is 6.16. The van der Waals surface area contributed by atoms with Crippen LogP contribution in [0.25, 0.3) is 22.3 Å². The fourth-order valence-electron chi connectivity index (χ4n) is 4.60. The molecule has 1 aromatic heterocycles. The summed E-state index contributed by atoms with van der Waals surface area (Å²) in [7, 11) is 0. The number of benzene rings is 4. The van der Waals surface area contributed by atoms with Gasteiger partial charge >= 0.3 is 0 Å². The van der Waals surface area contributed by atoms with Crippen LogP contribution in [0.2, 0.25) is 0 Å². The van der Waals surface area contributed by atoms with E-state index in [1.54, 1.807) is 6.07 Å². The first-order valence-electron chi connectivity index (χ1n) is 14.4. The van der Waals surface area contributed by atoms with E-state index in [1.807, 2.05) is 85.8 Å². The lowest BCUT2D eigenvalue weighted by atomic mass is 10.1. The van der Waals surface area contributed by atoms with Crippen LogP contribution >= 0.6 is 0 Å². The van der Waals surface area contributed by atoms with E-state index in [9.17, 15) is 0 Å². The van der Waals surface area contributed by atoms with Crippen LogP contribution in [0.15, 0.2) is 109 Å². The summed E-state index contributed by atoms with van der Waals surface area (Å²) < 4.78 is 34.1. The van der Waals surface area contributed by atoms with Crippen molar-refractivity contribution >= 4 is 0 Å². The van der Waals surface area contributed by atoms with Crippen molar-refractivity contribution in [3.8, 4) is 56.9 Å². The lowest BCUT2D eigenvalue weighted by molar-refractivity contribution is 0.263. The predicted molar refractivity (Wildman–Crippen MR) is 163 cm³/mol. The molecule has 2 aliphatic heterocycles. The molecule has 7 nitrogen and oxygen atoms in total. The van der Waals surface area contributed by atoms with Crippen molar-refractivity contribution in [2.75, 3.05) is 26.4 Å². The Morgan fingerprint density at radius 3 is 1.35 bits per heavy atom. The molecule has 216 valence electrons. The van der Waals surface area contributed by atoms with Crippen molar-refractivity contribution in [2.45, 2.75) is 19.1 Å². The second-order valence-corrected chi connectivity index (χ2v) is 10.6. The molecule has 4 aromatic carbocycles. The maximum Gasteiger partial charge on any atom is 0.223 e. The highest BCUT2D eigenvalue weighted by molar-refractivity contribution is 5.66. The van der Waals surface area contributed by atoms with E-state index in [0.29, 0.717) is 30.6 Å². The third-order valence-corrected chi connectivity index (χ3v) is 7.12. The zero-order valence-electron chi connectivity index (χ0n) is 23.8. The first-order chi connectivity index (χ1) is 21.1. The molecular formula is C36H31NO6. The number of hydrogen-bond donors (Lipinski definition) is 0. The summed E-state index contributed by atoms with van der Waals surface area (Å²) in [6, 6.07) is 35.8. The highest BCUT2D eigenvalue weighted by Gasteiger charge is 2.23. The number of hydrogen-bond acceptors (Lipinski definition) is 7. The standard InChI is InChI=1S/C36H31NO6/c1-24-18-33(42-31-14-6-27(7-15-31)25-2-10-29(11-3-25)38-20-34-22-40-34)19-36(37-24)43-32-16-8-28(9-17-32)26-4-12-30(13-5-26)39-21-35-23-41-35/h2-19,34-35H,20-23H2,1H3. The van der Waals surface area contributed by atoms with Crippen molar-refractivity contribution < 1.29 is 28.4 Å². The van der Waals surface area contributed by atoms with E-state index in [1.165, 1.54) is 0 Å². The fraction of sp³-hybridized carbons (Fsp3) is 0.194. The Hall–Kier alpha value is -4.85. The van der Waals surface area contributed by atoms with Gasteiger partial charge in [0, 0.05) is 17.8 Å². The number of pyridine rings is 1. The quantitative estimate of drug-likeness (QED) is 0.141. The van der Waals surface area contributed by atoms with Crippen LogP contribution in [0, 0.1) is 6.92 Å². The summed E-state index contributed by atoms with van der Waals surface area (Å²) in [5, 5.41) is 0. The van der Waals surface area contributed by atoms with Crippen LogP contribution in [0.5, 0.6) is 34.6 Å². The Bertz CT molecular complexity index is 1540. The molecule has 0 N–H and O–H groups in total. The van der Waals surface area contributed by atoms with Gasteiger partial charge in [-0.15, -0.1) is 0 Å². The van der Waals surface area contributed by atoms with Gasteiger partial charge in [-0.2, -0.15) is 0 Å². The van der Waals surface area contributed by atoms with Crippen molar-refractivity contribution in [1.82, 2.24) is 4.98 Å². The first-order valence-corrected chi connectivity index (χ1v) is 14.4. The van der Waals surface area contributed by atoms with E-state index in [-0.39, 0.29) is 12.2 Å². The summed E-state index contributed by atoms with van der Waals surface area (Å²) >= 11 is 0. The number of epoxide rings is 2. The van der Waals surface area contributed by atoms with Gasteiger partial charge in [0.25, 0.3) is 0 Å². The predicted octanol–water partition coefficient (Wildman–Crippen LogP) is 7.86. The summed E-state index contributed by atoms with van der Waals surface area (Å²) in [5.74, 6) is 4.23. The molecule has 43 heavy (non-hydrogen) atoms. The first kappa shape index (κ1) is 27.0. The van der Waals surface area contributed by atoms with Crippen molar-refractivity contribution in [1.29, 1.82) is 0 Å². The van der Waals surface area contributed by atoms with E-state index >= 15 is 0 Å². The van der Waals surface area contributed by atoms with Crippen LogP contribution in [-0.4, -0.2) is 43.6 Å². The van der Waals surface area contributed by atoms with Gasteiger partial charge in [0.2, 0.25) is 5.88 Å². The van der Waals surface area contributed by atoms with Gasteiger partial charge in [-0.25, -0.2) is 4.98 Å². The monoisotopic (exact) mass is 573 g/mol. The summed E-state index contributed by atoms with van der Waals surface area (Å²) in [4.78, 5) is 4.54. The molecular weight excluding hydrogens is 542 g/mol. The van der Waals surface area contributed by atoms with Crippen LogP contribution < -0.4 is 18.9 Å². The van der Waals surface area contributed by atoms with Crippen LogP contribution in [0.1, 0.15) is 5.69 Å². The molecule has 2 aliphatic rings. The SMILES string of the molecule is Cc1cc(Oc2ccc(-c3ccc(OCC4CO4)cc3)cc2)cc(Oc2ccc(-c3ccc(OCC4CO4)cc3)cc2)n1. The van der Waals surface area contributed by atoms with Gasteiger partial charge in [-0.05, 0) is 77.7 Å². The second kappa shape index (κ2) is 12.2. The molecule has 0 saturated carbocycles. The molecule has 0 radical (unpaired) electrons. The summed E-state index contributed by atoms with van der Waals surface area (Å²) in [5.41, 5.74) is 5.18. The molecule has 2 atom stereocenters. The second-order valence-electron chi connectivity index (χ2n) is 10.6. The van der Waals surface area contributed by atoms with Crippen molar-refractivity contribution in [3.63, 3.8) is 0 Å². The maximum absolute atomic E-state index is 6.16. The molecule has 2 unspecified atom stereocenters. The van der Waals surface area contributed by atoms with Gasteiger partial charge in [-0.3, -0.25) is 0 Å². The molecule has 0 amide bonds. The van der Waals surface area contributed by atoms with E-state index in [2.05, 4.69) is 29.2 Å². The molecule has 2 saturated heterocycles. The van der Waals surface area contributed by atoms with Crippen LogP contribution in [0.3, 0.4) is 0 Å². The zero-order chi connectivity index (χ0) is 29.0. The molecule has 0 spiro atoms. The molecule has 0 bridgehead atoms. The largest absolute Gasteiger partial charge is 0.491 e. The molecule has 3 heterocycles. The van der Waals surface area contributed by atoms with Gasteiger partial charge in [0.15, 0.2) is 0 Å². The van der Waals surface area contributed by atoms with E-state index in [0.717, 1.165) is 58.4 Å². The average molecular weight is 574 g/mol. The minimum absolute atomic E-state index is 0.243. The Morgan fingerprint density at radius 1 is 0.535 bits per heavy atom. The Balaban J connectivity index is 0.964. The number of ether oxygens (including phenoxy) is 6. The number of nitrogens with zero attached hydrogens (tertiary/aromatic N) is 1. The van der Waals surface area contributed by atoms with Gasteiger partial charge in [-0.1, -0.05) is 48.5 Å². The van der Waals surface area contributed by atoms with Crippen LogP contribution in [-0.2, 0) is 9.47 Å². The topological polar surface area (TPSA) is 74.9 Å². The summed E-state index contributed by atoms with van der Waals surface area (Å²) in [6.07, 6.45) is 0.488. The van der Waals surface area contributed by atoms with Crippen molar-refractivity contribution in [3.05, 3.63) is 115 Å². The number of aromatic nitrogens is 1. The smallest absolute Gasteiger partial charge is 0.223 e. The Morgan fingerprint density at radius 2 is 0.930 bits per heavy atom. The minimum atomic E-state index is 0.243. The lowest BCUT2D eigenvalue weighted by Crippen LogP contribution is -2.03. The third-order valence-electron chi connectivity index (χ3n) is 7.12. The Kier molecular flexibility index (Phi) is 7.65. The third kappa shape index (κ3) is 7.33. The van der Waals surface area contributed by atoms with Gasteiger partial charge < -0.3 is 28.4 Å². The molecule has 7 rings (SSSR count). The normalized spacial score (nSPS) is 16.8. The van der Waals surface area contributed by atoms with E-state index < -0.39 is 0 Å². The Labute approximate surface area is 250 Å². The number of rotatable bonds is 12. The van der Waals surface area contributed by atoms with E-state index in [4.69, 9.17) is 28.4 Å². The highest BCUT2D eigenvalue weighted by Crippen LogP contribution is 2.31. The van der Waals surface area contributed by atoms with Crippen molar-refractivity contribution in [2.24, 2.45) is 0 Å². The molecule has 5 aromatic rings. The molecule has 2 fully saturated rings. The minimum Gasteiger partial charge on any atom is -0.491 e. The van der Waals surface area contributed by atoms with Gasteiger partial charge in [0.1, 0.15) is 54.2 Å². The van der Waals surface area contributed by atoms with Gasteiger partial charge in [0.05, 0.1) is 13.2 Å². The average Bonchev–Trinajstić information content (AvgIpc) is 3.96. The molecule has 7 heteroatoms. The highest BCUT2D eigenvalue weighted by atomic mass is 16.6. The molecule has 0 aliphatic carbocycles.